The molecule has 8 heteroatoms. The van der Waals surface area contributed by atoms with Crippen molar-refractivity contribution in [2.75, 3.05) is 16.5 Å². The third kappa shape index (κ3) is 3.26. The Kier molecular flexibility index (Phi) is 3.71. The van der Waals surface area contributed by atoms with E-state index in [1.807, 2.05) is 0 Å². The molecule has 0 saturated carbocycles. The number of hydrogen-bond donors (Lipinski definition) is 4. The highest BCUT2D eigenvalue weighted by atomic mass is 19.1. The van der Waals surface area contributed by atoms with Gasteiger partial charge in [0.1, 0.15) is 23.3 Å². The predicted molar refractivity (Wildman–Crippen MR) is 67.9 cm³/mol. The summed E-state index contributed by atoms with van der Waals surface area (Å²) in [6.45, 7) is 0.132. The number of benzene rings is 1. The summed E-state index contributed by atoms with van der Waals surface area (Å²) >= 11 is 0. The molecule has 1 aromatic carbocycles. The third-order valence-electron chi connectivity index (χ3n) is 2.37. The normalized spacial score (nSPS) is 10.3. The molecule has 6 N–H and O–H groups in total. The molecule has 0 atom stereocenters. The van der Waals surface area contributed by atoms with Gasteiger partial charge in [0.15, 0.2) is 0 Å². The van der Waals surface area contributed by atoms with Gasteiger partial charge in [-0.05, 0) is 6.07 Å². The van der Waals surface area contributed by atoms with Crippen LogP contribution in [0.2, 0.25) is 0 Å². The first-order chi connectivity index (χ1) is 9.08. The lowest BCUT2D eigenvalue weighted by molar-refractivity contribution is 0.574. The van der Waals surface area contributed by atoms with E-state index in [0.717, 1.165) is 6.07 Å². The monoisotopic (exact) mass is 266 g/mol. The second-order valence-corrected chi connectivity index (χ2v) is 3.73. The van der Waals surface area contributed by atoms with Gasteiger partial charge in [0.25, 0.3) is 0 Å². The van der Waals surface area contributed by atoms with Crippen LogP contribution in [-0.2, 0) is 6.54 Å². The van der Waals surface area contributed by atoms with Crippen LogP contribution < -0.4 is 22.3 Å². The molecule has 1 heterocycles. The van der Waals surface area contributed by atoms with Crippen molar-refractivity contribution in [2.45, 2.75) is 6.54 Å². The number of anilines is 3. The number of hydrazine groups is 1. The number of nitrogens with two attached hydrogens (primary N) is 2. The maximum Gasteiger partial charge on any atom is 0.223 e. The summed E-state index contributed by atoms with van der Waals surface area (Å²) in [5.41, 5.74) is 8.11. The van der Waals surface area contributed by atoms with Crippen LogP contribution in [0, 0.1) is 11.6 Å². The molecule has 0 spiro atoms. The first-order valence-corrected chi connectivity index (χ1v) is 5.37. The molecule has 0 amide bonds. The molecule has 2 rings (SSSR count). The number of hydrogen-bond acceptors (Lipinski definition) is 6. The van der Waals surface area contributed by atoms with E-state index >= 15 is 0 Å². The van der Waals surface area contributed by atoms with Gasteiger partial charge < -0.3 is 16.5 Å². The second-order valence-electron chi connectivity index (χ2n) is 3.73. The first-order valence-electron chi connectivity index (χ1n) is 5.37. The fraction of sp³-hybridized carbons (Fsp3) is 0.0909. The number of aromatic nitrogens is 2. The Morgan fingerprint density at radius 1 is 1.11 bits per heavy atom. The summed E-state index contributed by atoms with van der Waals surface area (Å²) < 4.78 is 26.2. The fourth-order valence-corrected chi connectivity index (χ4v) is 1.48. The van der Waals surface area contributed by atoms with Crippen LogP contribution in [-0.4, -0.2) is 9.97 Å². The van der Waals surface area contributed by atoms with Crippen LogP contribution in [0.3, 0.4) is 0 Å². The van der Waals surface area contributed by atoms with Gasteiger partial charge in [0.05, 0.1) is 0 Å². The highest BCUT2D eigenvalue weighted by molar-refractivity contribution is 5.50. The summed E-state index contributed by atoms with van der Waals surface area (Å²) in [7, 11) is 0. The minimum absolute atomic E-state index is 0.0255. The van der Waals surface area contributed by atoms with Gasteiger partial charge in [0.2, 0.25) is 5.95 Å². The van der Waals surface area contributed by atoms with Gasteiger partial charge in [-0.3, -0.25) is 0 Å². The van der Waals surface area contributed by atoms with E-state index < -0.39 is 11.6 Å². The van der Waals surface area contributed by atoms with Gasteiger partial charge in [0, 0.05) is 24.2 Å². The standard InChI is InChI=1S/C11H12F2N6/c12-7-2-1-6(8(13)3-7)5-16-9-4-10(19-15)18-11(14)17-9/h1-4H,5,15H2,(H4,14,16,17,18,19). The Morgan fingerprint density at radius 2 is 1.84 bits per heavy atom. The van der Waals surface area contributed by atoms with Crippen LogP contribution in [0.15, 0.2) is 24.3 Å². The number of nitrogens with zero attached hydrogens (tertiary/aromatic N) is 2. The minimum Gasteiger partial charge on any atom is -0.368 e. The van der Waals surface area contributed by atoms with Crippen LogP contribution >= 0.6 is 0 Å². The van der Waals surface area contributed by atoms with Crippen molar-refractivity contribution in [1.82, 2.24) is 9.97 Å². The number of rotatable bonds is 4. The van der Waals surface area contributed by atoms with Crippen molar-refractivity contribution >= 4 is 17.6 Å². The van der Waals surface area contributed by atoms with E-state index in [9.17, 15) is 8.78 Å². The molecule has 100 valence electrons. The summed E-state index contributed by atoms with van der Waals surface area (Å²) in [6, 6.07) is 4.86. The van der Waals surface area contributed by atoms with Gasteiger partial charge in [-0.25, -0.2) is 14.6 Å². The lowest BCUT2D eigenvalue weighted by atomic mass is 10.2. The average molecular weight is 266 g/mol. The Bertz CT molecular complexity index is 589. The van der Waals surface area contributed by atoms with E-state index in [1.54, 1.807) is 0 Å². The molecule has 0 unspecified atom stereocenters. The van der Waals surface area contributed by atoms with Crippen LogP contribution in [0.1, 0.15) is 5.56 Å². The zero-order valence-electron chi connectivity index (χ0n) is 9.82. The molecule has 19 heavy (non-hydrogen) atoms. The zero-order valence-corrected chi connectivity index (χ0v) is 9.82. The second kappa shape index (κ2) is 5.44. The van der Waals surface area contributed by atoms with Gasteiger partial charge in [-0.15, -0.1) is 0 Å². The molecule has 2 aromatic rings. The molecule has 0 aliphatic carbocycles. The van der Waals surface area contributed by atoms with Crippen molar-refractivity contribution in [3.63, 3.8) is 0 Å². The van der Waals surface area contributed by atoms with Crippen molar-refractivity contribution in [2.24, 2.45) is 5.84 Å². The summed E-state index contributed by atoms with van der Waals surface area (Å²) in [5, 5.41) is 2.85. The summed E-state index contributed by atoms with van der Waals surface area (Å²) in [6.07, 6.45) is 0. The van der Waals surface area contributed by atoms with E-state index in [0.29, 0.717) is 17.2 Å². The summed E-state index contributed by atoms with van der Waals surface area (Å²) in [5.74, 6) is 4.69. The maximum atomic E-state index is 13.4. The van der Waals surface area contributed by atoms with Crippen molar-refractivity contribution < 1.29 is 8.78 Å². The Balaban J connectivity index is 2.12. The molecular formula is C11H12F2N6. The minimum atomic E-state index is -0.633. The molecule has 0 saturated heterocycles. The van der Waals surface area contributed by atoms with Crippen molar-refractivity contribution in [3.05, 3.63) is 41.5 Å². The predicted octanol–water partition coefficient (Wildman–Crippen LogP) is 1.23. The van der Waals surface area contributed by atoms with E-state index in [2.05, 4.69) is 20.7 Å². The van der Waals surface area contributed by atoms with Crippen LogP contribution in [0.4, 0.5) is 26.4 Å². The lowest BCUT2D eigenvalue weighted by Gasteiger charge is -2.08. The smallest absolute Gasteiger partial charge is 0.223 e. The Hall–Kier alpha value is -2.48. The van der Waals surface area contributed by atoms with Gasteiger partial charge in [-0.1, -0.05) is 6.07 Å². The molecular weight excluding hydrogens is 254 g/mol. The topological polar surface area (TPSA) is 102 Å². The molecule has 0 aliphatic rings. The molecule has 0 aliphatic heterocycles. The Labute approximate surface area is 107 Å². The highest BCUT2D eigenvalue weighted by Gasteiger charge is 2.05. The van der Waals surface area contributed by atoms with Crippen molar-refractivity contribution in [3.8, 4) is 0 Å². The molecule has 0 fully saturated rings. The van der Waals surface area contributed by atoms with Gasteiger partial charge in [-0.2, -0.15) is 9.97 Å². The number of nitrogen functional groups attached to an aromatic ring is 2. The van der Waals surface area contributed by atoms with Crippen molar-refractivity contribution in [1.29, 1.82) is 0 Å². The average Bonchev–Trinajstić information content (AvgIpc) is 2.37. The summed E-state index contributed by atoms with van der Waals surface area (Å²) in [4.78, 5) is 7.71. The van der Waals surface area contributed by atoms with Crippen LogP contribution in [0.5, 0.6) is 0 Å². The maximum absolute atomic E-state index is 13.4. The Morgan fingerprint density at radius 3 is 2.53 bits per heavy atom. The quantitative estimate of drug-likeness (QED) is 0.490. The first kappa shape index (κ1) is 13.0. The fourth-order valence-electron chi connectivity index (χ4n) is 1.48. The third-order valence-corrected chi connectivity index (χ3v) is 2.37. The number of nitrogens with one attached hydrogen (secondary N) is 2. The molecule has 1 aromatic heterocycles. The lowest BCUT2D eigenvalue weighted by Crippen LogP contribution is -2.12. The van der Waals surface area contributed by atoms with E-state index in [4.69, 9.17) is 11.6 Å². The highest BCUT2D eigenvalue weighted by Crippen LogP contribution is 2.14. The van der Waals surface area contributed by atoms with Crippen LogP contribution in [0.25, 0.3) is 0 Å². The molecule has 0 bridgehead atoms. The number of halogens is 2. The zero-order chi connectivity index (χ0) is 13.8. The van der Waals surface area contributed by atoms with E-state index in [1.165, 1.54) is 18.2 Å². The molecule has 0 radical (unpaired) electrons. The molecule has 6 nitrogen and oxygen atoms in total. The van der Waals surface area contributed by atoms with E-state index in [-0.39, 0.29) is 12.5 Å². The largest absolute Gasteiger partial charge is 0.368 e. The van der Waals surface area contributed by atoms with Gasteiger partial charge >= 0.3 is 0 Å². The SMILES string of the molecule is NNc1cc(NCc2ccc(F)cc2F)nc(N)n1.